The van der Waals surface area contributed by atoms with E-state index in [-0.39, 0.29) is 23.2 Å². The number of thiophene rings is 1. The maximum atomic E-state index is 11.9. The fourth-order valence-corrected chi connectivity index (χ4v) is 3.01. The van der Waals surface area contributed by atoms with E-state index in [4.69, 9.17) is 27.9 Å². The summed E-state index contributed by atoms with van der Waals surface area (Å²) < 4.78 is 4.84. The van der Waals surface area contributed by atoms with E-state index in [0.29, 0.717) is 5.02 Å². The lowest BCUT2D eigenvalue weighted by Gasteiger charge is -2.12. The molecule has 0 saturated carbocycles. The third-order valence-electron chi connectivity index (χ3n) is 3.29. The Labute approximate surface area is 164 Å². The van der Waals surface area contributed by atoms with Gasteiger partial charge in [0.15, 0.2) is 6.61 Å². The van der Waals surface area contributed by atoms with Crippen LogP contribution >= 0.6 is 34.5 Å². The second-order valence-electron chi connectivity index (χ2n) is 5.28. The highest BCUT2D eigenvalue weighted by molar-refractivity contribution is 7.10. The number of carbonyl (C=O) groups excluding carboxylic acids is 3. The molecule has 0 aliphatic heterocycles. The SMILES string of the molecule is C[C@@H](NC(=O)COC(=O)CNC(=O)c1ccc(Cl)c(Cl)c1)c1cccs1. The topological polar surface area (TPSA) is 84.5 Å². The van der Waals surface area contributed by atoms with Gasteiger partial charge in [0, 0.05) is 10.4 Å². The molecule has 0 unspecified atom stereocenters. The standard InChI is InChI=1S/C17H16Cl2N2O4S/c1-10(14-3-2-6-26-14)21-15(22)9-25-16(23)8-20-17(24)11-4-5-12(18)13(19)7-11/h2-7,10H,8-9H2,1H3,(H,20,24)(H,21,22)/t10-/m1/s1. The number of carbonyl (C=O) groups is 3. The molecule has 1 atom stereocenters. The molecule has 9 heteroatoms. The lowest BCUT2D eigenvalue weighted by atomic mass is 10.2. The van der Waals surface area contributed by atoms with Gasteiger partial charge in [-0.1, -0.05) is 29.3 Å². The van der Waals surface area contributed by atoms with Crippen LogP contribution in [0.2, 0.25) is 10.0 Å². The van der Waals surface area contributed by atoms with E-state index in [1.165, 1.54) is 29.5 Å². The van der Waals surface area contributed by atoms with E-state index in [1.54, 1.807) is 0 Å². The van der Waals surface area contributed by atoms with Crippen molar-refractivity contribution in [3.8, 4) is 0 Å². The zero-order chi connectivity index (χ0) is 19.1. The van der Waals surface area contributed by atoms with Crippen molar-refractivity contribution in [3.05, 3.63) is 56.2 Å². The molecule has 138 valence electrons. The summed E-state index contributed by atoms with van der Waals surface area (Å²) in [7, 11) is 0. The first-order valence-electron chi connectivity index (χ1n) is 7.58. The molecular weight excluding hydrogens is 399 g/mol. The summed E-state index contributed by atoms with van der Waals surface area (Å²) in [4.78, 5) is 36.4. The number of ether oxygens (including phenoxy) is 1. The highest BCUT2D eigenvalue weighted by Gasteiger charge is 2.14. The summed E-state index contributed by atoms with van der Waals surface area (Å²) >= 11 is 13.1. The fourth-order valence-electron chi connectivity index (χ4n) is 1.98. The highest BCUT2D eigenvalue weighted by atomic mass is 35.5. The van der Waals surface area contributed by atoms with E-state index in [0.717, 1.165) is 4.88 Å². The molecule has 2 N–H and O–H groups in total. The molecule has 2 aromatic rings. The molecule has 2 amide bonds. The van der Waals surface area contributed by atoms with Crippen molar-refractivity contribution in [2.75, 3.05) is 13.2 Å². The number of halogens is 2. The quantitative estimate of drug-likeness (QED) is 0.681. The molecule has 0 saturated heterocycles. The van der Waals surface area contributed by atoms with Gasteiger partial charge in [0.2, 0.25) is 0 Å². The van der Waals surface area contributed by atoms with Crippen LogP contribution in [0.25, 0.3) is 0 Å². The first kappa shape index (κ1) is 20.2. The third kappa shape index (κ3) is 6.01. The lowest BCUT2D eigenvalue weighted by Crippen LogP contribution is -2.34. The molecule has 0 bridgehead atoms. The summed E-state index contributed by atoms with van der Waals surface area (Å²) in [5.41, 5.74) is 0.259. The Bertz CT molecular complexity index is 796. The Morgan fingerprint density at radius 1 is 1.19 bits per heavy atom. The largest absolute Gasteiger partial charge is 0.454 e. The fraction of sp³-hybridized carbons (Fsp3) is 0.235. The number of hydrogen-bond donors (Lipinski definition) is 2. The van der Waals surface area contributed by atoms with Crippen molar-refractivity contribution in [1.29, 1.82) is 0 Å². The Kier molecular flexibility index (Phi) is 7.44. The molecule has 6 nitrogen and oxygen atoms in total. The van der Waals surface area contributed by atoms with Gasteiger partial charge >= 0.3 is 5.97 Å². The first-order valence-corrected chi connectivity index (χ1v) is 9.22. The van der Waals surface area contributed by atoms with Crippen LogP contribution in [0.15, 0.2) is 35.7 Å². The molecular formula is C17H16Cl2N2O4S. The predicted octanol–water partition coefficient (Wildman–Crippen LogP) is 3.21. The Balaban J connectivity index is 1.72. The van der Waals surface area contributed by atoms with Crippen LogP contribution in [0, 0.1) is 0 Å². The van der Waals surface area contributed by atoms with Crippen molar-refractivity contribution < 1.29 is 19.1 Å². The maximum absolute atomic E-state index is 11.9. The molecule has 26 heavy (non-hydrogen) atoms. The number of amides is 2. The molecule has 1 aromatic heterocycles. The number of esters is 1. The monoisotopic (exact) mass is 414 g/mol. The summed E-state index contributed by atoms with van der Waals surface area (Å²) in [6.45, 7) is 1.05. The molecule has 0 aliphatic rings. The molecule has 0 aliphatic carbocycles. The Hall–Kier alpha value is -2.09. The summed E-state index contributed by atoms with van der Waals surface area (Å²) in [5, 5.41) is 7.58. The van der Waals surface area contributed by atoms with Crippen LogP contribution in [0.3, 0.4) is 0 Å². The van der Waals surface area contributed by atoms with E-state index in [9.17, 15) is 14.4 Å². The van der Waals surface area contributed by atoms with Crippen molar-refractivity contribution in [3.63, 3.8) is 0 Å². The van der Waals surface area contributed by atoms with Gasteiger partial charge in [0.1, 0.15) is 6.54 Å². The van der Waals surface area contributed by atoms with Crippen LogP contribution in [0.4, 0.5) is 0 Å². The zero-order valence-electron chi connectivity index (χ0n) is 13.8. The van der Waals surface area contributed by atoms with Crippen molar-refractivity contribution in [1.82, 2.24) is 10.6 Å². The number of rotatable bonds is 7. The smallest absolute Gasteiger partial charge is 0.325 e. The zero-order valence-corrected chi connectivity index (χ0v) is 16.1. The molecule has 0 radical (unpaired) electrons. The third-order valence-corrected chi connectivity index (χ3v) is 5.08. The second kappa shape index (κ2) is 9.56. The van der Waals surface area contributed by atoms with Gasteiger partial charge < -0.3 is 15.4 Å². The van der Waals surface area contributed by atoms with Gasteiger partial charge in [-0.2, -0.15) is 0 Å². The van der Waals surface area contributed by atoms with E-state index in [1.807, 2.05) is 24.4 Å². The summed E-state index contributed by atoms with van der Waals surface area (Å²) in [5.74, 6) is -1.65. The highest BCUT2D eigenvalue weighted by Crippen LogP contribution is 2.22. The predicted molar refractivity (Wildman–Crippen MR) is 101 cm³/mol. The number of hydrogen-bond acceptors (Lipinski definition) is 5. The minimum Gasteiger partial charge on any atom is -0.454 e. The van der Waals surface area contributed by atoms with Gasteiger partial charge in [-0.15, -0.1) is 11.3 Å². The van der Waals surface area contributed by atoms with Crippen molar-refractivity contribution in [2.24, 2.45) is 0 Å². The minimum atomic E-state index is -0.725. The normalized spacial score (nSPS) is 11.5. The van der Waals surface area contributed by atoms with Gasteiger partial charge in [-0.3, -0.25) is 14.4 Å². The van der Waals surface area contributed by atoms with E-state index < -0.39 is 24.4 Å². The lowest BCUT2D eigenvalue weighted by molar-refractivity contribution is -0.147. The minimum absolute atomic E-state index is 0.171. The van der Waals surface area contributed by atoms with E-state index >= 15 is 0 Å². The van der Waals surface area contributed by atoms with Crippen LogP contribution < -0.4 is 10.6 Å². The molecule has 2 rings (SSSR count). The Morgan fingerprint density at radius 3 is 2.62 bits per heavy atom. The molecule has 0 spiro atoms. The number of nitrogens with one attached hydrogen (secondary N) is 2. The van der Waals surface area contributed by atoms with Crippen molar-refractivity contribution >= 4 is 52.3 Å². The van der Waals surface area contributed by atoms with Crippen LogP contribution in [-0.4, -0.2) is 30.9 Å². The van der Waals surface area contributed by atoms with Gasteiger partial charge in [0.25, 0.3) is 11.8 Å². The van der Waals surface area contributed by atoms with Crippen LogP contribution in [-0.2, 0) is 14.3 Å². The van der Waals surface area contributed by atoms with E-state index in [2.05, 4.69) is 10.6 Å². The maximum Gasteiger partial charge on any atom is 0.325 e. The molecule has 1 heterocycles. The van der Waals surface area contributed by atoms with Gasteiger partial charge in [-0.05, 0) is 36.6 Å². The van der Waals surface area contributed by atoms with Gasteiger partial charge in [0.05, 0.1) is 16.1 Å². The van der Waals surface area contributed by atoms with Crippen molar-refractivity contribution in [2.45, 2.75) is 13.0 Å². The Morgan fingerprint density at radius 2 is 1.96 bits per heavy atom. The van der Waals surface area contributed by atoms with Crippen LogP contribution in [0.5, 0.6) is 0 Å². The molecule has 0 fully saturated rings. The van der Waals surface area contributed by atoms with Crippen LogP contribution in [0.1, 0.15) is 28.2 Å². The van der Waals surface area contributed by atoms with Gasteiger partial charge in [-0.25, -0.2) is 0 Å². The first-order chi connectivity index (χ1) is 12.4. The number of benzene rings is 1. The average molecular weight is 415 g/mol. The average Bonchev–Trinajstić information content (AvgIpc) is 3.15. The summed E-state index contributed by atoms with van der Waals surface area (Å²) in [6.07, 6.45) is 0. The second-order valence-corrected chi connectivity index (χ2v) is 7.07. The summed E-state index contributed by atoms with van der Waals surface area (Å²) in [6, 6.07) is 7.98. The molecule has 1 aromatic carbocycles.